The molecule has 1 aromatic carbocycles. The van der Waals surface area contributed by atoms with Crippen LogP contribution in [0.3, 0.4) is 0 Å². The molecule has 190 valence electrons. The van der Waals surface area contributed by atoms with Crippen molar-refractivity contribution in [3.63, 3.8) is 0 Å². The predicted octanol–water partition coefficient (Wildman–Crippen LogP) is 3.09. The first-order valence-corrected chi connectivity index (χ1v) is 12.1. The number of nitrogens with zero attached hydrogens (tertiary/aromatic N) is 3. The lowest BCUT2D eigenvalue weighted by Crippen LogP contribution is -2.54. The fourth-order valence-electron chi connectivity index (χ4n) is 4.40. The minimum Gasteiger partial charge on any atom is -0.463 e. The van der Waals surface area contributed by atoms with Gasteiger partial charge in [-0.2, -0.15) is 0 Å². The van der Waals surface area contributed by atoms with Gasteiger partial charge in [-0.15, -0.1) is 6.58 Å². The van der Waals surface area contributed by atoms with Crippen LogP contribution in [0.5, 0.6) is 0 Å². The van der Waals surface area contributed by atoms with Crippen LogP contribution in [0.25, 0.3) is 0 Å². The van der Waals surface area contributed by atoms with Crippen LogP contribution in [0.1, 0.15) is 38.8 Å². The molecule has 0 aliphatic carbocycles. The summed E-state index contributed by atoms with van der Waals surface area (Å²) < 4.78 is 18.9. The van der Waals surface area contributed by atoms with Gasteiger partial charge in [0.15, 0.2) is 0 Å². The summed E-state index contributed by atoms with van der Waals surface area (Å²) in [6, 6.07) is 4.57. The van der Waals surface area contributed by atoms with Gasteiger partial charge in [-0.25, -0.2) is 14.0 Å². The Morgan fingerprint density at radius 2 is 1.86 bits per heavy atom. The van der Waals surface area contributed by atoms with E-state index in [-0.39, 0.29) is 25.1 Å². The van der Waals surface area contributed by atoms with Gasteiger partial charge in [-0.05, 0) is 30.5 Å². The molecule has 1 N–H and O–H groups in total. The van der Waals surface area contributed by atoms with Crippen LogP contribution >= 0.6 is 0 Å². The normalized spacial score (nSPS) is 19.1. The summed E-state index contributed by atoms with van der Waals surface area (Å²) in [5.74, 6) is -0.491. The molecule has 1 atom stereocenters. The minimum absolute atomic E-state index is 0.146. The molecule has 0 bridgehead atoms. The quantitative estimate of drug-likeness (QED) is 0.429. The number of esters is 1. The molecule has 2 aliphatic heterocycles. The second-order valence-corrected chi connectivity index (χ2v) is 9.17. The zero-order valence-electron chi connectivity index (χ0n) is 20.8. The number of carbonyl (C=O) groups excluding carboxylic acids is 3. The molecule has 1 fully saturated rings. The largest absolute Gasteiger partial charge is 0.463 e. The SMILES string of the molecule is C=CCN1C(=O)NC(c2ccc(F)cc2)C(C(=O)OCC)=C1CN1CCN(C(=O)CC(C)C)CC1. The van der Waals surface area contributed by atoms with Gasteiger partial charge in [0.05, 0.1) is 18.2 Å². The summed E-state index contributed by atoms with van der Waals surface area (Å²) in [4.78, 5) is 44.2. The monoisotopic (exact) mass is 486 g/mol. The fraction of sp³-hybridized carbons (Fsp3) is 0.500. The van der Waals surface area contributed by atoms with Gasteiger partial charge in [-0.3, -0.25) is 14.6 Å². The standard InChI is InChI=1S/C26H35FN4O4/c1-5-11-31-21(17-29-12-14-30(15-13-29)22(32)16-18(3)4)23(25(33)35-6-2)24(28-26(31)34)19-7-9-20(27)10-8-19/h5,7-10,18,24H,1,6,11-17H2,2-4H3,(H,28,34). The third kappa shape index (κ3) is 6.48. The topological polar surface area (TPSA) is 82.2 Å². The molecule has 3 rings (SSSR count). The summed E-state index contributed by atoms with van der Waals surface area (Å²) in [5, 5.41) is 2.87. The summed E-state index contributed by atoms with van der Waals surface area (Å²) in [6.45, 7) is 12.7. The van der Waals surface area contributed by atoms with Crippen molar-refractivity contribution in [3.8, 4) is 0 Å². The molecule has 0 saturated carbocycles. The minimum atomic E-state index is -0.771. The van der Waals surface area contributed by atoms with Gasteiger partial charge >= 0.3 is 12.0 Å². The third-order valence-corrected chi connectivity index (χ3v) is 6.13. The molecule has 2 aliphatic rings. The van der Waals surface area contributed by atoms with Gasteiger partial charge in [-0.1, -0.05) is 32.1 Å². The van der Waals surface area contributed by atoms with Crippen LogP contribution in [0.2, 0.25) is 0 Å². The number of amides is 3. The molecule has 1 aromatic rings. The van der Waals surface area contributed by atoms with E-state index in [0.29, 0.717) is 61.9 Å². The molecule has 8 nitrogen and oxygen atoms in total. The summed E-state index contributed by atoms with van der Waals surface area (Å²) in [6.07, 6.45) is 2.12. The molecule has 1 unspecified atom stereocenters. The van der Waals surface area contributed by atoms with E-state index in [1.807, 2.05) is 18.7 Å². The third-order valence-electron chi connectivity index (χ3n) is 6.13. The number of benzene rings is 1. The number of carbonyl (C=O) groups is 3. The number of rotatable bonds is 9. The summed E-state index contributed by atoms with van der Waals surface area (Å²) in [5.41, 5.74) is 1.43. The Labute approximate surface area is 206 Å². The van der Waals surface area contributed by atoms with E-state index >= 15 is 0 Å². The first-order valence-electron chi connectivity index (χ1n) is 12.1. The van der Waals surface area contributed by atoms with E-state index in [1.54, 1.807) is 25.1 Å². The van der Waals surface area contributed by atoms with Crippen LogP contribution < -0.4 is 5.32 Å². The highest BCUT2D eigenvalue weighted by Crippen LogP contribution is 2.32. The van der Waals surface area contributed by atoms with Gasteiger partial charge in [0.1, 0.15) is 5.82 Å². The van der Waals surface area contributed by atoms with E-state index in [4.69, 9.17) is 4.74 Å². The Bertz CT molecular complexity index is 968. The van der Waals surface area contributed by atoms with Crippen LogP contribution in [-0.2, 0) is 14.3 Å². The van der Waals surface area contributed by atoms with Crippen LogP contribution in [-0.4, -0.2) is 78.5 Å². The van der Waals surface area contributed by atoms with Crippen LogP contribution in [0.4, 0.5) is 9.18 Å². The highest BCUT2D eigenvalue weighted by atomic mass is 19.1. The number of ether oxygens (including phenoxy) is 1. The first-order chi connectivity index (χ1) is 16.7. The van der Waals surface area contributed by atoms with Gasteiger partial charge < -0.3 is 15.0 Å². The van der Waals surface area contributed by atoms with E-state index in [9.17, 15) is 18.8 Å². The number of hydrogen-bond acceptors (Lipinski definition) is 5. The van der Waals surface area contributed by atoms with Crippen molar-refractivity contribution >= 4 is 17.9 Å². The number of urea groups is 1. The molecule has 9 heteroatoms. The van der Waals surface area contributed by atoms with Gasteiger partial charge in [0, 0.05) is 51.4 Å². The van der Waals surface area contributed by atoms with Gasteiger partial charge in [0.25, 0.3) is 0 Å². The first kappa shape index (κ1) is 26.4. The van der Waals surface area contributed by atoms with E-state index < -0.39 is 17.8 Å². The smallest absolute Gasteiger partial charge is 0.338 e. The summed E-state index contributed by atoms with van der Waals surface area (Å²) >= 11 is 0. The van der Waals surface area contributed by atoms with E-state index in [1.165, 1.54) is 17.0 Å². The molecule has 0 spiro atoms. The Morgan fingerprint density at radius 1 is 1.20 bits per heavy atom. The molecular formula is C26H35FN4O4. The Kier molecular flexibility index (Phi) is 9.03. The van der Waals surface area contributed by atoms with Crippen molar-refractivity contribution in [2.45, 2.75) is 33.2 Å². The summed E-state index contributed by atoms with van der Waals surface area (Å²) in [7, 11) is 0. The van der Waals surface area contributed by atoms with Gasteiger partial charge in [0.2, 0.25) is 5.91 Å². The maximum atomic E-state index is 13.6. The second-order valence-electron chi connectivity index (χ2n) is 9.17. The molecule has 1 saturated heterocycles. The maximum Gasteiger partial charge on any atom is 0.338 e. The average Bonchev–Trinajstić information content (AvgIpc) is 2.81. The highest BCUT2D eigenvalue weighted by Gasteiger charge is 2.38. The average molecular weight is 487 g/mol. The van der Waals surface area contributed by atoms with Crippen molar-refractivity contribution in [1.82, 2.24) is 20.0 Å². The number of hydrogen-bond donors (Lipinski definition) is 1. The lowest BCUT2D eigenvalue weighted by atomic mass is 9.94. The zero-order valence-corrected chi connectivity index (χ0v) is 20.8. The fourth-order valence-corrected chi connectivity index (χ4v) is 4.40. The molecule has 0 radical (unpaired) electrons. The lowest BCUT2D eigenvalue weighted by Gasteiger charge is -2.40. The van der Waals surface area contributed by atoms with Crippen molar-refractivity contribution < 1.29 is 23.5 Å². The molecule has 2 heterocycles. The van der Waals surface area contributed by atoms with E-state index in [2.05, 4.69) is 16.8 Å². The van der Waals surface area contributed by atoms with Crippen molar-refractivity contribution in [1.29, 1.82) is 0 Å². The molecule has 3 amide bonds. The van der Waals surface area contributed by atoms with Crippen LogP contribution in [0.15, 0.2) is 48.2 Å². The number of piperazine rings is 1. The molecular weight excluding hydrogens is 451 g/mol. The van der Waals surface area contributed by atoms with Crippen molar-refractivity contribution in [3.05, 3.63) is 59.6 Å². The Morgan fingerprint density at radius 3 is 2.43 bits per heavy atom. The number of halogens is 1. The van der Waals surface area contributed by atoms with Crippen molar-refractivity contribution in [2.75, 3.05) is 45.9 Å². The van der Waals surface area contributed by atoms with E-state index in [0.717, 1.165) is 0 Å². The van der Waals surface area contributed by atoms with Crippen LogP contribution in [0, 0.1) is 11.7 Å². The number of nitrogens with one attached hydrogen (secondary N) is 1. The highest BCUT2D eigenvalue weighted by molar-refractivity contribution is 5.95. The second kappa shape index (κ2) is 12.0. The molecule has 0 aromatic heterocycles. The van der Waals surface area contributed by atoms with Crippen molar-refractivity contribution in [2.24, 2.45) is 5.92 Å². The molecule has 35 heavy (non-hydrogen) atoms. The Hall–Kier alpha value is -3.20. The Balaban J connectivity index is 1.93. The maximum absolute atomic E-state index is 13.6. The zero-order chi connectivity index (χ0) is 25.5. The lowest BCUT2D eigenvalue weighted by molar-refractivity contribution is -0.139. The predicted molar refractivity (Wildman–Crippen MR) is 131 cm³/mol.